The Morgan fingerprint density at radius 3 is 2.05 bits per heavy atom. The average molecular weight is 261 g/mol. The van der Waals surface area contributed by atoms with Gasteiger partial charge in [-0.1, -0.05) is 75.8 Å². The molecule has 0 aliphatic heterocycles. The molecule has 0 saturated carbocycles. The summed E-state index contributed by atoms with van der Waals surface area (Å²) in [6.45, 7) is 2.18. The van der Waals surface area contributed by atoms with Gasteiger partial charge in [-0.2, -0.15) is 0 Å². The molecule has 2 N–H and O–H groups in total. The quantitative estimate of drug-likeness (QED) is 0.552. The zero-order valence-electron chi connectivity index (χ0n) is 12.6. The monoisotopic (exact) mass is 261 g/mol. The van der Waals surface area contributed by atoms with E-state index in [0.717, 1.165) is 6.42 Å². The fourth-order valence-electron chi connectivity index (χ4n) is 2.47. The summed E-state index contributed by atoms with van der Waals surface area (Å²) in [7, 11) is 0. The van der Waals surface area contributed by atoms with Crippen LogP contribution in [0.1, 0.15) is 70.3 Å². The van der Waals surface area contributed by atoms with E-state index in [2.05, 4.69) is 37.3 Å². The van der Waals surface area contributed by atoms with Crippen LogP contribution in [0.2, 0.25) is 0 Å². The maximum absolute atomic E-state index is 5.91. The molecule has 0 amide bonds. The van der Waals surface area contributed by atoms with Crippen LogP contribution in [-0.4, -0.2) is 6.04 Å². The molecule has 0 heterocycles. The molecule has 0 radical (unpaired) electrons. The molecule has 0 fully saturated rings. The summed E-state index contributed by atoms with van der Waals surface area (Å²) in [5.74, 6) is 0. The lowest BCUT2D eigenvalue weighted by atomic mass is 10.0. The molecule has 1 unspecified atom stereocenters. The van der Waals surface area contributed by atoms with E-state index in [1.807, 2.05) is 0 Å². The molecule has 108 valence electrons. The van der Waals surface area contributed by atoms with Gasteiger partial charge in [0.25, 0.3) is 0 Å². The number of hydrogen-bond donors (Lipinski definition) is 1. The van der Waals surface area contributed by atoms with Crippen molar-refractivity contribution in [1.82, 2.24) is 0 Å². The first-order chi connectivity index (χ1) is 9.33. The largest absolute Gasteiger partial charge is 0.328 e. The van der Waals surface area contributed by atoms with Gasteiger partial charge in [-0.05, 0) is 31.2 Å². The van der Waals surface area contributed by atoms with Crippen molar-refractivity contribution in [2.45, 2.75) is 77.2 Å². The third kappa shape index (κ3) is 8.83. The number of unbranched alkanes of at least 4 members (excludes halogenated alkanes) is 6. The summed E-state index contributed by atoms with van der Waals surface area (Å²) in [5, 5.41) is 0. The summed E-state index contributed by atoms with van der Waals surface area (Å²) in [6.07, 6.45) is 13.2. The number of hydrogen-bond acceptors (Lipinski definition) is 1. The number of benzene rings is 1. The Labute approximate surface area is 119 Å². The minimum atomic E-state index is 0.436. The SMILES string of the molecule is CCC(N)CCCCCCCCCc1ccccc1. The molecule has 1 rings (SSSR count). The average Bonchev–Trinajstić information content (AvgIpc) is 2.46. The molecular weight excluding hydrogens is 230 g/mol. The first-order valence-electron chi connectivity index (χ1n) is 8.12. The van der Waals surface area contributed by atoms with Gasteiger partial charge in [0.1, 0.15) is 0 Å². The van der Waals surface area contributed by atoms with Gasteiger partial charge in [-0.15, -0.1) is 0 Å². The van der Waals surface area contributed by atoms with Gasteiger partial charge in [-0.3, -0.25) is 0 Å². The molecule has 1 heteroatoms. The lowest BCUT2D eigenvalue weighted by molar-refractivity contribution is 0.520. The fraction of sp³-hybridized carbons (Fsp3) is 0.667. The lowest BCUT2D eigenvalue weighted by Gasteiger charge is -2.07. The summed E-state index contributed by atoms with van der Waals surface area (Å²) < 4.78 is 0. The highest BCUT2D eigenvalue weighted by Crippen LogP contribution is 2.12. The molecule has 19 heavy (non-hydrogen) atoms. The Morgan fingerprint density at radius 1 is 0.842 bits per heavy atom. The van der Waals surface area contributed by atoms with E-state index in [-0.39, 0.29) is 0 Å². The molecule has 0 aliphatic rings. The van der Waals surface area contributed by atoms with E-state index in [9.17, 15) is 0 Å². The first kappa shape index (κ1) is 16.2. The van der Waals surface area contributed by atoms with Crippen molar-refractivity contribution in [3.8, 4) is 0 Å². The van der Waals surface area contributed by atoms with E-state index in [1.165, 1.54) is 63.4 Å². The molecule has 0 aliphatic carbocycles. The van der Waals surface area contributed by atoms with Gasteiger partial charge < -0.3 is 5.73 Å². The number of aryl methyl sites for hydroxylation is 1. The Morgan fingerprint density at radius 2 is 1.42 bits per heavy atom. The Hall–Kier alpha value is -0.820. The zero-order valence-corrected chi connectivity index (χ0v) is 12.6. The zero-order chi connectivity index (χ0) is 13.8. The van der Waals surface area contributed by atoms with Crippen LogP contribution in [0.5, 0.6) is 0 Å². The summed E-state index contributed by atoms with van der Waals surface area (Å²) in [6, 6.07) is 11.3. The van der Waals surface area contributed by atoms with Crippen LogP contribution in [0.4, 0.5) is 0 Å². The van der Waals surface area contributed by atoms with Crippen LogP contribution < -0.4 is 5.73 Å². The third-order valence-electron chi connectivity index (χ3n) is 3.91. The fourth-order valence-corrected chi connectivity index (χ4v) is 2.47. The second-order valence-electron chi connectivity index (χ2n) is 5.67. The summed E-state index contributed by atoms with van der Waals surface area (Å²) in [4.78, 5) is 0. The van der Waals surface area contributed by atoms with Gasteiger partial charge in [0.05, 0.1) is 0 Å². The van der Waals surface area contributed by atoms with Gasteiger partial charge in [0.2, 0.25) is 0 Å². The van der Waals surface area contributed by atoms with E-state index in [0.29, 0.717) is 6.04 Å². The second-order valence-corrected chi connectivity index (χ2v) is 5.67. The Kier molecular flexibility index (Phi) is 9.44. The Balaban J connectivity index is 1.84. The molecule has 1 atom stereocenters. The molecular formula is C18H31N. The van der Waals surface area contributed by atoms with Crippen molar-refractivity contribution in [3.63, 3.8) is 0 Å². The van der Waals surface area contributed by atoms with Crippen molar-refractivity contribution >= 4 is 0 Å². The van der Waals surface area contributed by atoms with Crippen LogP contribution in [0, 0.1) is 0 Å². The molecule has 1 aromatic carbocycles. The molecule has 0 bridgehead atoms. The van der Waals surface area contributed by atoms with Crippen molar-refractivity contribution in [2.24, 2.45) is 5.73 Å². The normalized spacial score (nSPS) is 12.5. The van der Waals surface area contributed by atoms with Crippen molar-refractivity contribution in [3.05, 3.63) is 35.9 Å². The number of nitrogens with two attached hydrogens (primary N) is 1. The first-order valence-corrected chi connectivity index (χ1v) is 8.12. The third-order valence-corrected chi connectivity index (χ3v) is 3.91. The smallest absolute Gasteiger partial charge is 0.00362 e. The second kappa shape index (κ2) is 11.0. The van der Waals surface area contributed by atoms with E-state index >= 15 is 0 Å². The predicted octanol–water partition coefficient (Wildman–Crippen LogP) is 5.09. The standard InChI is InChI=1S/C18H31N/c1-2-18(19)16-12-7-5-3-4-6-9-13-17-14-10-8-11-15-17/h8,10-11,14-15,18H,2-7,9,12-13,16,19H2,1H3. The molecule has 1 aromatic rings. The predicted molar refractivity (Wildman–Crippen MR) is 85.3 cm³/mol. The molecule has 0 saturated heterocycles. The molecule has 0 spiro atoms. The summed E-state index contributed by atoms with van der Waals surface area (Å²) in [5.41, 5.74) is 7.39. The molecule has 1 nitrogen and oxygen atoms in total. The number of rotatable bonds is 11. The topological polar surface area (TPSA) is 26.0 Å². The maximum atomic E-state index is 5.91. The van der Waals surface area contributed by atoms with Gasteiger partial charge in [-0.25, -0.2) is 0 Å². The lowest BCUT2D eigenvalue weighted by Crippen LogP contribution is -2.17. The highest BCUT2D eigenvalue weighted by atomic mass is 14.6. The van der Waals surface area contributed by atoms with E-state index in [1.54, 1.807) is 0 Å². The van der Waals surface area contributed by atoms with Crippen LogP contribution >= 0.6 is 0 Å². The maximum Gasteiger partial charge on any atom is 0.00362 e. The highest BCUT2D eigenvalue weighted by molar-refractivity contribution is 5.14. The highest BCUT2D eigenvalue weighted by Gasteiger charge is 1.98. The van der Waals surface area contributed by atoms with Crippen LogP contribution in [0.3, 0.4) is 0 Å². The van der Waals surface area contributed by atoms with E-state index in [4.69, 9.17) is 5.73 Å². The van der Waals surface area contributed by atoms with Gasteiger partial charge >= 0.3 is 0 Å². The van der Waals surface area contributed by atoms with E-state index < -0.39 is 0 Å². The van der Waals surface area contributed by atoms with Gasteiger partial charge in [0, 0.05) is 6.04 Å². The molecule has 0 aromatic heterocycles. The van der Waals surface area contributed by atoms with Crippen molar-refractivity contribution in [2.75, 3.05) is 0 Å². The Bertz CT molecular complexity index is 294. The van der Waals surface area contributed by atoms with Crippen LogP contribution in [0.15, 0.2) is 30.3 Å². The minimum Gasteiger partial charge on any atom is -0.328 e. The van der Waals surface area contributed by atoms with Gasteiger partial charge in [0.15, 0.2) is 0 Å². The van der Waals surface area contributed by atoms with Crippen molar-refractivity contribution in [1.29, 1.82) is 0 Å². The van der Waals surface area contributed by atoms with Crippen LogP contribution in [0.25, 0.3) is 0 Å². The summed E-state index contributed by atoms with van der Waals surface area (Å²) >= 11 is 0. The minimum absolute atomic E-state index is 0.436. The van der Waals surface area contributed by atoms with Crippen LogP contribution in [-0.2, 0) is 6.42 Å². The van der Waals surface area contributed by atoms with Crippen molar-refractivity contribution < 1.29 is 0 Å².